The summed E-state index contributed by atoms with van der Waals surface area (Å²) in [6.45, 7) is 4.67. The van der Waals surface area contributed by atoms with E-state index in [-0.39, 0.29) is 6.10 Å². The van der Waals surface area contributed by atoms with Crippen LogP contribution in [0.25, 0.3) is 5.69 Å². The number of aromatic nitrogens is 3. The molecular weight excluding hydrogens is 326 g/mol. The maximum atomic E-state index is 5.96. The molecule has 2 heterocycles. The van der Waals surface area contributed by atoms with Crippen molar-refractivity contribution in [1.29, 1.82) is 0 Å². The third-order valence-corrected chi connectivity index (χ3v) is 5.66. The first-order valence-electron chi connectivity index (χ1n) is 9.51. The van der Waals surface area contributed by atoms with E-state index in [1.807, 2.05) is 0 Å². The summed E-state index contributed by atoms with van der Waals surface area (Å²) in [4.78, 5) is 9.57. The zero-order chi connectivity index (χ0) is 18.3. The van der Waals surface area contributed by atoms with Crippen molar-refractivity contribution in [2.45, 2.75) is 37.8 Å². The molecule has 1 saturated heterocycles. The van der Waals surface area contributed by atoms with Gasteiger partial charge in [0.2, 0.25) is 0 Å². The Morgan fingerprint density at radius 1 is 1.23 bits per heavy atom. The Kier molecular flexibility index (Phi) is 4.82. The molecule has 0 spiro atoms. The summed E-state index contributed by atoms with van der Waals surface area (Å²) in [5.41, 5.74) is 2.33. The fraction of sp³-hybridized carbons (Fsp3) is 0.600. The average molecular weight is 355 g/mol. The van der Waals surface area contributed by atoms with Gasteiger partial charge in [0.05, 0.1) is 12.3 Å². The van der Waals surface area contributed by atoms with Gasteiger partial charge in [-0.05, 0) is 58.6 Å². The van der Waals surface area contributed by atoms with Crippen molar-refractivity contribution < 1.29 is 4.74 Å². The maximum absolute atomic E-state index is 5.96. The standard InChI is InChI=1S/C20H29N5O/c1-14-6-5-7-16(10-14)25-20(15-11-17(12-15)23(2)3)21-19(22-25)18-13-24(4)8-9-26-18/h5-7,10,15,17-18H,8-9,11-13H2,1-4H3. The van der Waals surface area contributed by atoms with Crippen LogP contribution in [0.2, 0.25) is 0 Å². The van der Waals surface area contributed by atoms with Crippen LogP contribution in [0.3, 0.4) is 0 Å². The van der Waals surface area contributed by atoms with Crippen molar-refractivity contribution >= 4 is 0 Å². The first-order chi connectivity index (χ1) is 12.5. The molecule has 6 nitrogen and oxygen atoms in total. The number of morpholine rings is 1. The first-order valence-corrected chi connectivity index (χ1v) is 9.51. The lowest BCUT2D eigenvalue weighted by molar-refractivity contribution is -0.0254. The van der Waals surface area contributed by atoms with E-state index in [1.54, 1.807) is 0 Å². The third-order valence-electron chi connectivity index (χ3n) is 5.66. The lowest BCUT2D eigenvalue weighted by Crippen LogP contribution is -2.40. The number of hydrogen-bond donors (Lipinski definition) is 0. The average Bonchev–Trinajstić information content (AvgIpc) is 2.98. The molecule has 0 bridgehead atoms. The highest BCUT2D eigenvalue weighted by atomic mass is 16.5. The molecule has 1 atom stereocenters. The van der Waals surface area contributed by atoms with E-state index < -0.39 is 0 Å². The number of benzene rings is 1. The minimum absolute atomic E-state index is 0.0386. The minimum Gasteiger partial charge on any atom is -0.367 e. The van der Waals surface area contributed by atoms with Crippen molar-refractivity contribution in [3.8, 4) is 5.69 Å². The van der Waals surface area contributed by atoms with E-state index in [9.17, 15) is 0 Å². The van der Waals surface area contributed by atoms with Gasteiger partial charge in [0.25, 0.3) is 0 Å². The molecule has 2 fully saturated rings. The number of aryl methyl sites for hydroxylation is 1. The summed E-state index contributed by atoms with van der Waals surface area (Å²) in [5.74, 6) is 2.37. The molecular formula is C20H29N5O. The van der Waals surface area contributed by atoms with Crippen LogP contribution in [0.1, 0.15) is 42.1 Å². The van der Waals surface area contributed by atoms with Crippen LogP contribution < -0.4 is 0 Å². The molecule has 1 aliphatic heterocycles. The van der Waals surface area contributed by atoms with E-state index in [1.165, 1.54) is 5.56 Å². The van der Waals surface area contributed by atoms with Gasteiger partial charge in [-0.1, -0.05) is 12.1 Å². The first kappa shape index (κ1) is 17.6. The predicted molar refractivity (Wildman–Crippen MR) is 102 cm³/mol. The van der Waals surface area contributed by atoms with Crippen LogP contribution in [0.5, 0.6) is 0 Å². The highest BCUT2D eigenvalue weighted by Gasteiger charge is 2.36. The van der Waals surface area contributed by atoms with Crippen LogP contribution in [0, 0.1) is 6.92 Å². The Labute approximate surface area is 155 Å². The lowest BCUT2D eigenvalue weighted by Gasteiger charge is -2.39. The van der Waals surface area contributed by atoms with Gasteiger partial charge in [-0.2, -0.15) is 0 Å². The van der Waals surface area contributed by atoms with Crippen molar-refractivity contribution in [1.82, 2.24) is 24.6 Å². The largest absolute Gasteiger partial charge is 0.367 e. The molecule has 1 aromatic heterocycles. The molecule has 1 saturated carbocycles. The predicted octanol–water partition coefficient (Wildman–Crippen LogP) is 2.39. The Balaban J connectivity index is 1.66. The molecule has 0 N–H and O–H groups in total. The van der Waals surface area contributed by atoms with Crippen molar-refractivity contribution in [2.75, 3.05) is 40.8 Å². The summed E-state index contributed by atoms with van der Waals surface area (Å²) in [7, 11) is 6.44. The SMILES string of the molecule is Cc1cccc(-n2nc(C3CN(C)CCO3)nc2C2CC(N(C)C)C2)c1. The Hall–Kier alpha value is -1.76. The normalized spacial score (nSPS) is 26.9. The fourth-order valence-electron chi connectivity index (χ4n) is 3.85. The van der Waals surface area contributed by atoms with Crippen molar-refractivity contribution in [2.24, 2.45) is 0 Å². The van der Waals surface area contributed by atoms with Crippen molar-refractivity contribution in [3.05, 3.63) is 41.5 Å². The number of ether oxygens (including phenoxy) is 1. The second-order valence-corrected chi connectivity index (χ2v) is 7.99. The van der Waals surface area contributed by atoms with Gasteiger partial charge in [-0.25, -0.2) is 9.67 Å². The summed E-state index contributed by atoms with van der Waals surface area (Å²) >= 11 is 0. The number of likely N-dealkylation sites (N-methyl/N-ethyl adjacent to an activating group) is 1. The van der Waals surface area contributed by atoms with E-state index in [0.717, 1.165) is 49.9 Å². The molecule has 2 aliphatic rings. The van der Waals surface area contributed by atoms with Crippen LogP contribution in [0.4, 0.5) is 0 Å². The van der Waals surface area contributed by atoms with Crippen molar-refractivity contribution in [3.63, 3.8) is 0 Å². The minimum atomic E-state index is -0.0386. The maximum Gasteiger partial charge on any atom is 0.181 e. The highest BCUT2D eigenvalue weighted by Crippen LogP contribution is 2.39. The molecule has 1 unspecified atom stereocenters. The lowest BCUT2D eigenvalue weighted by atomic mass is 9.79. The number of nitrogens with zero attached hydrogens (tertiary/aromatic N) is 5. The summed E-state index contributed by atoms with van der Waals surface area (Å²) < 4.78 is 8.02. The molecule has 1 aliphatic carbocycles. The molecule has 2 aromatic rings. The van der Waals surface area contributed by atoms with Crippen LogP contribution in [0.15, 0.2) is 24.3 Å². The monoisotopic (exact) mass is 355 g/mol. The third kappa shape index (κ3) is 3.41. The number of rotatable bonds is 4. The second-order valence-electron chi connectivity index (χ2n) is 7.99. The van der Waals surface area contributed by atoms with Crippen LogP contribution >= 0.6 is 0 Å². The zero-order valence-electron chi connectivity index (χ0n) is 16.2. The molecule has 26 heavy (non-hydrogen) atoms. The van der Waals surface area contributed by atoms with Crippen LogP contribution in [-0.4, -0.2) is 71.4 Å². The van der Waals surface area contributed by atoms with Gasteiger partial charge in [0.15, 0.2) is 5.82 Å². The second kappa shape index (κ2) is 7.10. The topological polar surface area (TPSA) is 46.4 Å². The van der Waals surface area contributed by atoms with E-state index in [2.05, 4.69) is 66.8 Å². The molecule has 0 amide bonds. The summed E-state index contributed by atoms with van der Waals surface area (Å²) in [5, 5.41) is 4.89. The van der Waals surface area contributed by atoms with Gasteiger partial charge >= 0.3 is 0 Å². The molecule has 6 heteroatoms. The smallest absolute Gasteiger partial charge is 0.181 e. The summed E-state index contributed by atoms with van der Waals surface area (Å²) in [6.07, 6.45) is 2.24. The summed E-state index contributed by atoms with van der Waals surface area (Å²) in [6, 6.07) is 9.14. The molecule has 1 aromatic carbocycles. The molecule has 4 rings (SSSR count). The molecule has 0 radical (unpaired) electrons. The van der Waals surface area contributed by atoms with E-state index in [0.29, 0.717) is 12.0 Å². The Morgan fingerprint density at radius 3 is 2.73 bits per heavy atom. The number of hydrogen-bond acceptors (Lipinski definition) is 5. The van der Waals surface area contributed by atoms with Gasteiger partial charge in [0, 0.05) is 25.0 Å². The van der Waals surface area contributed by atoms with E-state index >= 15 is 0 Å². The van der Waals surface area contributed by atoms with E-state index in [4.69, 9.17) is 14.8 Å². The molecule has 140 valence electrons. The Bertz CT molecular complexity index is 765. The quantitative estimate of drug-likeness (QED) is 0.843. The zero-order valence-corrected chi connectivity index (χ0v) is 16.2. The van der Waals surface area contributed by atoms with Gasteiger partial charge in [0.1, 0.15) is 11.9 Å². The van der Waals surface area contributed by atoms with Gasteiger partial charge in [-0.3, -0.25) is 0 Å². The van der Waals surface area contributed by atoms with Gasteiger partial charge < -0.3 is 14.5 Å². The van der Waals surface area contributed by atoms with Crippen LogP contribution in [-0.2, 0) is 4.74 Å². The highest BCUT2D eigenvalue weighted by molar-refractivity contribution is 5.36. The van der Waals surface area contributed by atoms with Gasteiger partial charge in [-0.15, -0.1) is 5.10 Å². The fourth-order valence-corrected chi connectivity index (χ4v) is 3.85. The Morgan fingerprint density at radius 2 is 2.04 bits per heavy atom.